The monoisotopic (exact) mass is 184 g/mol. The molecule has 1 aromatic heterocycles. The van der Waals surface area contributed by atoms with Gasteiger partial charge < -0.3 is 14.9 Å². The first-order valence-electron chi connectivity index (χ1n) is 3.91. The molecule has 0 fully saturated rings. The van der Waals surface area contributed by atoms with Crippen LogP contribution in [-0.2, 0) is 11.2 Å². The number of carbonyl (C=O) groups is 1. The van der Waals surface area contributed by atoms with Crippen LogP contribution < -0.4 is 5.73 Å². The molecule has 13 heavy (non-hydrogen) atoms. The average Bonchev–Trinajstić information content (AvgIpc) is 2.50. The van der Waals surface area contributed by atoms with Gasteiger partial charge in [-0.05, 0) is 6.92 Å². The number of esters is 1. The maximum absolute atomic E-state index is 10.9. The summed E-state index contributed by atoms with van der Waals surface area (Å²) in [5, 5.41) is 0. The van der Waals surface area contributed by atoms with E-state index in [0.717, 1.165) is 0 Å². The molecule has 1 heterocycles. The molecule has 0 saturated carbocycles. The Kier molecular flexibility index (Phi) is 3.02. The number of nitrogens with two attached hydrogens (primary N) is 1. The second-order valence-corrected chi connectivity index (χ2v) is 2.80. The van der Waals surface area contributed by atoms with Crippen LogP contribution in [0.2, 0.25) is 0 Å². The molecule has 1 unspecified atom stereocenters. The van der Waals surface area contributed by atoms with E-state index in [4.69, 9.17) is 10.2 Å². The van der Waals surface area contributed by atoms with E-state index in [1.54, 1.807) is 0 Å². The number of hydrogen-bond donors (Lipinski definition) is 1. The smallest absolute Gasteiger partial charge is 0.360 e. The molecule has 0 spiro atoms. The van der Waals surface area contributed by atoms with E-state index >= 15 is 0 Å². The first-order valence-corrected chi connectivity index (χ1v) is 3.91. The lowest BCUT2D eigenvalue weighted by Gasteiger charge is -1.97. The van der Waals surface area contributed by atoms with Crippen LogP contribution in [0.4, 0.5) is 0 Å². The normalized spacial score (nSPS) is 12.5. The molecule has 1 aromatic rings. The predicted molar refractivity (Wildman–Crippen MR) is 45.2 cm³/mol. The second kappa shape index (κ2) is 4.04. The van der Waals surface area contributed by atoms with Gasteiger partial charge in [0.25, 0.3) is 0 Å². The molecule has 5 nitrogen and oxygen atoms in total. The van der Waals surface area contributed by atoms with Crippen LogP contribution in [0.5, 0.6) is 0 Å². The van der Waals surface area contributed by atoms with E-state index in [-0.39, 0.29) is 11.7 Å². The molecule has 0 aliphatic carbocycles. The summed E-state index contributed by atoms with van der Waals surface area (Å²) in [5.74, 6) is -0.0462. The van der Waals surface area contributed by atoms with Crippen molar-refractivity contribution in [2.75, 3.05) is 7.11 Å². The molecule has 1 rings (SSSR count). The van der Waals surface area contributed by atoms with E-state index in [0.29, 0.717) is 12.3 Å². The first kappa shape index (κ1) is 9.73. The zero-order chi connectivity index (χ0) is 9.84. The molecule has 0 aromatic carbocycles. The van der Waals surface area contributed by atoms with Crippen molar-refractivity contribution in [2.24, 2.45) is 5.73 Å². The third-order valence-corrected chi connectivity index (χ3v) is 1.44. The van der Waals surface area contributed by atoms with Crippen LogP contribution in [0.1, 0.15) is 23.3 Å². The number of hydrogen-bond acceptors (Lipinski definition) is 5. The van der Waals surface area contributed by atoms with Crippen molar-refractivity contribution in [1.29, 1.82) is 0 Å². The highest BCUT2D eigenvalue weighted by Crippen LogP contribution is 2.04. The Morgan fingerprint density at radius 2 is 2.54 bits per heavy atom. The number of methoxy groups -OCH3 is 1. The Morgan fingerprint density at radius 3 is 3.08 bits per heavy atom. The maximum atomic E-state index is 10.9. The van der Waals surface area contributed by atoms with Crippen molar-refractivity contribution >= 4 is 5.97 Å². The Labute approximate surface area is 75.9 Å². The summed E-state index contributed by atoms with van der Waals surface area (Å²) in [7, 11) is 1.29. The topological polar surface area (TPSA) is 78.3 Å². The van der Waals surface area contributed by atoms with E-state index in [1.165, 1.54) is 13.4 Å². The summed E-state index contributed by atoms with van der Waals surface area (Å²) in [6.45, 7) is 1.84. The van der Waals surface area contributed by atoms with Gasteiger partial charge in [-0.1, -0.05) is 0 Å². The van der Waals surface area contributed by atoms with Crippen molar-refractivity contribution in [3.63, 3.8) is 0 Å². The van der Waals surface area contributed by atoms with Crippen LogP contribution in [-0.4, -0.2) is 24.1 Å². The minimum atomic E-state index is -0.500. The Hall–Kier alpha value is -1.36. The fraction of sp³-hybridized carbons (Fsp3) is 0.500. The van der Waals surface area contributed by atoms with Gasteiger partial charge in [0.2, 0.25) is 0 Å². The summed E-state index contributed by atoms with van der Waals surface area (Å²) >= 11 is 0. The van der Waals surface area contributed by atoms with Gasteiger partial charge in [0.1, 0.15) is 6.26 Å². The molecule has 72 valence electrons. The van der Waals surface area contributed by atoms with Crippen LogP contribution in [0, 0.1) is 0 Å². The SMILES string of the molecule is COC(=O)c1coc(CC(C)N)n1. The van der Waals surface area contributed by atoms with Crippen LogP contribution >= 0.6 is 0 Å². The largest absolute Gasteiger partial charge is 0.464 e. The van der Waals surface area contributed by atoms with Crippen molar-refractivity contribution in [3.05, 3.63) is 17.8 Å². The molecule has 0 amide bonds. The summed E-state index contributed by atoms with van der Waals surface area (Å²) < 4.78 is 9.47. The molecule has 0 aliphatic rings. The van der Waals surface area contributed by atoms with Crippen molar-refractivity contribution < 1.29 is 13.9 Å². The number of ether oxygens (including phenoxy) is 1. The lowest BCUT2D eigenvalue weighted by atomic mass is 10.2. The van der Waals surface area contributed by atoms with Gasteiger partial charge in [-0.25, -0.2) is 9.78 Å². The molecular weight excluding hydrogens is 172 g/mol. The van der Waals surface area contributed by atoms with E-state index in [1.807, 2.05) is 6.92 Å². The molecule has 0 saturated heterocycles. The summed E-state index contributed by atoms with van der Waals surface area (Å²) in [6.07, 6.45) is 1.78. The maximum Gasteiger partial charge on any atom is 0.360 e. The molecule has 0 radical (unpaired) electrons. The fourth-order valence-corrected chi connectivity index (χ4v) is 0.878. The van der Waals surface area contributed by atoms with Crippen molar-refractivity contribution in [3.8, 4) is 0 Å². The lowest BCUT2D eigenvalue weighted by Crippen LogP contribution is -2.18. The van der Waals surface area contributed by atoms with Crippen LogP contribution in [0.3, 0.4) is 0 Å². The summed E-state index contributed by atoms with van der Waals surface area (Å²) in [5.41, 5.74) is 5.70. The molecular formula is C8H12N2O3. The number of rotatable bonds is 3. The Morgan fingerprint density at radius 1 is 1.85 bits per heavy atom. The number of nitrogens with zero attached hydrogens (tertiary/aromatic N) is 1. The first-order chi connectivity index (χ1) is 6.13. The van der Waals surface area contributed by atoms with E-state index in [2.05, 4.69) is 9.72 Å². The highest BCUT2D eigenvalue weighted by Gasteiger charge is 2.12. The average molecular weight is 184 g/mol. The van der Waals surface area contributed by atoms with Gasteiger partial charge in [0, 0.05) is 12.5 Å². The summed E-state index contributed by atoms with van der Waals surface area (Å²) in [6, 6.07) is -0.0378. The Bertz CT molecular complexity index is 293. The van der Waals surface area contributed by atoms with Gasteiger partial charge >= 0.3 is 5.97 Å². The molecule has 0 bridgehead atoms. The van der Waals surface area contributed by atoms with Crippen molar-refractivity contribution in [1.82, 2.24) is 4.98 Å². The quantitative estimate of drug-likeness (QED) is 0.686. The number of carbonyl (C=O) groups excluding carboxylic acids is 1. The van der Waals surface area contributed by atoms with Gasteiger partial charge in [-0.15, -0.1) is 0 Å². The zero-order valence-corrected chi connectivity index (χ0v) is 7.61. The minimum absolute atomic E-state index is 0.0378. The fourth-order valence-electron chi connectivity index (χ4n) is 0.878. The summed E-state index contributed by atoms with van der Waals surface area (Å²) in [4.78, 5) is 14.8. The predicted octanol–water partition coefficient (Wildman–Crippen LogP) is 0.351. The third-order valence-electron chi connectivity index (χ3n) is 1.44. The number of aromatic nitrogens is 1. The van der Waals surface area contributed by atoms with Crippen LogP contribution in [0.25, 0.3) is 0 Å². The van der Waals surface area contributed by atoms with Gasteiger partial charge in [0.05, 0.1) is 7.11 Å². The van der Waals surface area contributed by atoms with Crippen LogP contribution in [0.15, 0.2) is 10.7 Å². The van der Waals surface area contributed by atoms with Gasteiger partial charge in [0.15, 0.2) is 11.6 Å². The van der Waals surface area contributed by atoms with Gasteiger partial charge in [-0.2, -0.15) is 0 Å². The molecule has 0 aliphatic heterocycles. The van der Waals surface area contributed by atoms with E-state index < -0.39 is 5.97 Å². The van der Waals surface area contributed by atoms with E-state index in [9.17, 15) is 4.79 Å². The van der Waals surface area contributed by atoms with Crippen molar-refractivity contribution in [2.45, 2.75) is 19.4 Å². The minimum Gasteiger partial charge on any atom is -0.464 e. The standard InChI is InChI=1S/C8H12N2O3/c1-5(9)3-7-10-6(4-13-7)8(11)12-2/h4-5H,3,9H2,1-2H3. The molecule has 5 heteroatoms. The zero-order valence-electron chi connectivity index (χ0n) is 7.61. The second-order valence-electron chi connectivity index (χ2n) is 2.80. The molecule has 1 atom stereocenters. The molecule has 2 N–H and O–H groups in total. The Balaban J connectivity index is 2.69. The highest BCUT2D eigenvalue weighted by molar-refractivity contribution is 5.86. The lowest BCUT2D eigenvalue weighted by molar-refractivity contribution is 0.0594. The van der Waals surface area contributed by atoms with Gasteiger partial charge in [-0.3, -0.25) is 0 Å². The third kappa shape index (κ3) is 2.55. The number of oxazole rings is 1. The highest BCUT2D eigenvalue weighted by atomic mass is 16.5.